The first-order valence-corrected chi connectivity index (χ1v) is 7.43. The van der Waals surface area contributed by atoms with Crippen molar-refractivity contribution in [3.63, 3.8) is 0 Å². The maximum Gasteiger partial charge on any atom is 0.336 e. The summed E-state index contributed by atoms with van der Waals surface area (Å²) < 4.78 is 1.35. The van der Waals surface area contributed by atoms with Crippen molar-refractivity contribution < 1.29 is 14.7 Å². The summed E-state index contributed by atoms with van der Waals surface area (Å²) in [6.07, 6.45) is 0. The van der Waals surface area contributed by atoms with Crippen molar-refractivity contribution in [2.75, 3.05) is 0 Å². The molecule has 0 atom stereocenters. The summed E-state index contributed by atoms with van der Waals surface area (Å²) in [7, 11) is 1.55. The lowest BCUT2D eigenvalue weighted by molar-refractivity contribution is 0.0698. The van der Waals surface area contributed by atoms with Crippen LogP contribution >= 0.6 is 11.6 Å². The fourth-order valence-corrected chi connectivity index (χ4v) is 2.67. The van der Waals surface area contributed by atoms with Crippen LogP contribution in [0.1, 0.15) is 26.3 Å². The first-order valence-electron chi connectivity index (χ1n) is 7.06. The second kappa shape index (κ2) is 5.94. The van der Waals surface area contributed by atoms with Crippen LogP contribution in [0.25, 0.3) is 10.9 Å². The highest BCUT2D eigenvalue weighted by molar-refractivity contribution is 6.30. The molecule has 0 saturated carbocycles. The lowest BCUT2D eigenvalue weighted by atomic mass is 9.99. The molecule has 0 fully saturated rings. The van der Waals surface area contributed by atoms with Crippen LogP contribution in [-0.2, 0) is 7.05 Å². The molecule has 5 nitrogen and oxygen atoms in total. The molecule has 0 aliphatic carbocycles. The summed E-state index contributed by atoms with van der Waals surface area (Å²) in [5, 5.41) is 10.2. The van der Waals surface area contributed by atoms with E-state index in [-0.39, 0.29) is 11.3 Å². The number of aromatic nitrogens is 1. The zero-order chi connectivity index (χ0) is 17.4. The minimum atomic E-state index is -1.21. The van der Waals surface area contributed by atoms with Crippen LogP contribution in [0.3, 0.4) is 0 Å². The Kier molecular flexibility index (Phi) is 3.95. The number of fused-ring (bicyclic) bond motifs is 1. The van der Waals surface area contributed by atoms with E-state index in [0.29, 0.717) is 27.1 Å². The van der Waals surface area contributed by atoms with Gasteiger partial charge >= 0.3 is 5.97 Å². The van der Waals surface area contributed by atoms with Crippen molar-refractivity contribution in [3.05, 3.63) is 80.6 Å². The SMILES string of the molecule is Cn1c(=O)cc(C(=O)O)c2cc(C(=O)c3ccc(Cl)cc3)ccc21. The number of hydrogen-bond donors (Lipinski definition) is 1. The van der Waals surface area contributed by atoms with Gasteiger partial charge in [0.2, 0.25) is 0 Å². The second-order valence-electron chi connectivity index (χ2n) is 5.33. The van der Waals surface area contributed by atoms with Gasteiger partial charge in [0.25, 0.3) is 5.56 Å². The number of benzene rings is 2. The largest absolute Gasteiger partial charge is 0.478 e. The van der Waals surface area contributed by atoms with Gasteiger partial charge in [-0.3, -0.25) is 9.59 Å². The number of aromatic carboxylic acids is 1. The second-order valence-corrected chi connectivity index (χ2v) is 5.76. The molecule has 3 rings (SSSR count). The van der Waals surface area contributed by atoms with Gasteiger partial charge in [-0.1, -0.05) is 11.6 Å². The minimum Gasteiger partial charge on any atom is -0.478 e. The van der Waals surface area contributed by atoms with Gasteiger partial charge in [0.05, 0.1) is 11.1 Å². The molecule has 120 valence electrons. The van der Waals surface area contributed by atoms with E-state index in [4.69, 9.17) is 11.6 Å². The maximum absolute atomic E-state index is 12.6. The van der Waals surface area contributed by atoms with E-state index < -0.39 is 11.5 Å². The Morgan fingerprint density at radius 2 is 1.62 bits per heavy atom. The number of hydrogen-bond acceptors (Lipinski definition) is 3. The molecular weight excluding hydrogens is 330 g/mol. The van der Waals surface area contributed by atoms with E-state index in [9.17, 15) is 19.5 Å². The van der Waals surface area contributed by atoms with E-state index in [0.717, 1.165) is 6.07 Å². The van der Waals surface area contributed by atoms with Gasteiger partial charge in [0.15, 0.2) is 5.78 Å². The number of carbonyl (C=O) groups is 2. The van der Waals surface area contributed by atoms with E-state index in [1.54, 1.807) is 43.4 Å². The number of aryl methyl sites for hydroxylation is 1. The quantitative estimate of drug-likeness (QED) is 0.742. The van der Waals surface area contributed by atoms with E-state index in [1.807, 2.05) is 0 Å². The minimum absolute atomic E-state index is 0.126. The number of ketones is 1. The lowest BCUT2D eigenvalue weighted by Crippen LogP contribution is -2.19. The Bertz CT molecular complexity index is 1040. The zero-order valence-electron chi connectivity index (χ0n) is 12.6. The topological polar surface area (TPSA) is 76.4 Å². The Labute approximate surface area is 141 Å². The van der Waals surface area contributed by atoms with Gasteiger partial charge in [-0.05, 0) is 42.5 Å². The Morgan fingerprint density at radius 1 is 1.00 bits per heavy atom. The summed E-state index contributed by atoms with van der Waals surface area (Å²) in [6, 6.07) is 12.1. The number of halogens is 1. The highest BCUT2D eigenvalue weighted by Gasteiger charge is 2.16. The molecular formula is C18H12ClNO4. The highest BCUT2D eigenvalue weighted by Crippen LogP contribution is 2.21. The molecule has 3 aromatic rings. The molecule has 1 heterocycles. The fraction of sp³-hybridized carbons (Fsp3) is 0.0556. The average Bonchev–Trinajstić information content (AvgIpc) is 2.57. The summed E-state index contributed by atoms with van der Waals surface area (Å²) in [5.41, 5.74) is 0.689. The summed E-state index contributed by atoms with van der Waals surface area (Å²) in [6.45, 7) is 0. The molecule has 24 heavy (non-hydrogen) atoms. The van der Waals surface area contributed by atoms with Crippen molar-refractivity contribution in [1.82, 2.24) is 4.57 Å². The third-order valence-corrected chi connectivity index (χ3v) is 4.10. The van der Waals surface area contributed by atoms with Crippen LogP contribution in [0.4, 0.5) is 0 Å². The normalized spacial score (nSPS) is 10.8. The van der Waals surface area contributed by atoms with Crippen LogP contribution in [-0.4, -0.2) is 21.4 Å². The molecule has 0 aliphatic rings. The number of rotatable bonds is 3. The Balaban J connectivity index is 2.21. The van der Waals surface area contributed by atoms with E-state index >= 15 is 0 Å². The first-order chi connectivity index (χ1) is 11.4. The Hall–Kier alpha value is -2.92. The van der Waals surface area contributed by atoms with Gasteiger partial charge in [0.1, 0.15) is 0 Å². The van der Waals surface area contributed by atoms with E-state index in [1.165, 1.54) is 10.6 Å². The van der Waals surface area contributed by atoms with Crippen molar-refractivity contribution >= 4 is 34.3 Å². The molecule has 2 aromatic carbocycles. The van der Waals surface area contributed by atoms with Crippen molar-refractivity contribution in [3.8, 4) is 0 Å². The Morgan fingerprint density at radius 3 is 2.25 bits per heavy atom. The predicted octanol–water partition coefficient (Wildman–Crippen LogP) is 3.12. The molecule has 0 bridgehead atoms. The number of nitrogens with zero attached hydrogens (tertiary/aromatic N) is 1. The van der Waals surface area contributed by atoms with Crippen LogP contribution in [0.15, 0.2) is 53.3 Å². The summed E-state index contributed by atoms with van der Waals surface area (Å²) >= 11 is 5.82. The zero-order valence-corrected chi connectivity index (χ0v) is 13.4. The number of pyridine rings is 1. The molecule has 0 unspecified atom stereocenters. The van der Waals surface area contributed by atoms with Crippen molar-refractivity contribution in [1.29, 1.82) is 0 Å². The third-order valence-electron chi connectivity index (χ3n) is 3.85. The third kappa shape index (κ3) is 2.70. The smallest absolute Gasteiger partial charge is 0.336 e. The molecule has 0 aliphatic heterocycles. The standard InChI is InChI=1S/C18H12ClNO4/c1-20-15-7-4-11(17(22)10-2-5-12(19)6-3-10)8-13(15)14(18(23)24)9-16(20)21/h2-9H,1H3,(H,23,24). The summed E-state index contributed by atoms with van der Waals surface area (Å²) in [4.78, 5) is 35.8. The molecule has 0 amide bonds. The molecule has 1 aromatic heterocycles. The number of carbonyl (C=O) groups excluding carboxylic acids is 1. The predicted molar refractivity (Wildman–Crippen MR) is 91.0 cm³/mol. The van der Waals surface area contributed by atoms with Crippen LogP contribution in [0.2, 0.25) is 5.02 Å². The first kappa shape index (κ1) is 16.0. The molecule has 1 N–H and O–H groups in total. The number of carboxylic acids is 1. The monoisotopic (exact) mass is 341 g/mol. The van der Waals surface area contributed by atoms with Gasteiger partial charge in [-0.25, -0.2) is 4.79 Å². The average molecular weight is 342 g/mol. The highest BCUT2D eigenvalue weighted by atomic mass is 35.5. The molecule has 0 saturated heterocycles. The summed E-state index contributed by atoms with van der Waals surface area (Å²) in [5.74, 6) is -1.47. The van der Waals surface area contributed by atoms with Gasteiger partial charge in [0, 0.05) is 34.6 Å². The van der Waals surface area contributed by atoms with Crippen molar-refractivity contribution in [2.45, 2.75) is 0 Å². The van der Waals surface area contributed by atoms with Crippen LogP contribution < -0.4 is 5.56 Å². The number of carboxylic acid groups (broad SMARTS) is 1. The van der Waals surface area contributed by atoms with Crippen LogP contribution in [0, 0.1) is 0 Å². The fourth-order valence-electron chi connectivity index (χ4n) is 2.55. The van der Waals surface area contributed by atoms with Gasteiger partial charge in [-0.15, -0.1) is 0 Å². The van der Waals surface area contributed by atoms with Gasteiger partial charge < -0.3 is 9.67 Å². The van der Waals surface area contributed by atoms with Gasteiger partial charge in [-0.2, -0.15) is 0 Å². The van der Waals surface area contributed by atoms with Crippen LogP contribution in [0.5, 0.6) is 0 Å². The molecule has 6 heteroatoms. The molecule has 0 radical (unpaired) electrons. The van der Waals surface area contributed by atoms with E-state index in [2.05, 4.69) is 0 Å². The maximum atomic E-state index is 12.6. The van der Waals surface area contributed by atoms with Crippen molar-refractivity contribution in [2.24, 2.45) is 7.05 Å². The molecule has 0 spiro atoms. The lowest BCUT2D eigenvalue weighted by Gasteiger charge is -2.09.